The molecule has 0 aliphatic heterocycles. The van der Waals surface area contributed by atoms with Crippen LogP contribution in [0, 0.1) is 10.1 Å². The number of nitro benzene ring substituents is 1. The summed E-state index contributed by atoms with van der Waals surface area (Å²) in [7, 11) is 0. The van der Waals surface area contributed by atoms with Gasteiger partial charge < -0.3 is 15.2 Å². The van der Waals surface area contributed by atoms with Crippen LogP contribution < -0.4 is 5.32 Å². The number of benzene rings is 1. The van der Waals surface area contributed by atoms with Crippen molar-refractivity contribution in [3.8, 4) is 0 Å². The molecule has 1 aromatic rings. The Morgan fingerprint density at radius 2 is 1.44 bits per heavy atom. The Hall–Kier alpha value is -2.15. The van der Waals surface area contributed by atoms with Gasteiger partial charge in [0, 0.05) is 25.3 Å². The number of aliphatic hydroxyl groups is 1. The zero-order valence-corrected chi connectivity index (χ0v) is 16.0. The molecule has 0 heterocycles. The van der Waals surface area contributed by atoms with Gasteiger partial charge in [0.15, 0.2) is 0 Å². The molecule has 1 rings (SSSR count). The number of amides is 1. The molecule has 0 saturated carbocycles. The molecule has 152 valence electrons. The van der Waals surface area contributed by atoms with E-state index in [1.165, 1.54) is 50.7 Å². The molecule has 0 atom stereocenters. The number of aliphatic hydroxyl groups excluding tert-OH is 1. The van der Waals surface area contributed by atoms with Gasteiger partial charge in [-0.05, 0) is 30.5 Å². The maximum Gasteiger partial charge on any atom is 0.407 e. The van der Waals surface area contributed by atoms with Crippen LogP contribution in [0.4, 0.5) is 10.5 Å². The molecule has 27 heavy (non-hydrogen) atoms. The molecule has 7 nitrogen and oxygen atoms in total. The molecule has 0 aliphatic carbocycles. The number of non-ortho nitro benzene ring substituents is 1. The van der Waals surface area contributed by atoms with Gasteiger partial charge >= 0.3 is 6.09 Å². The van der Waals surface area contributed by atoms with Crippen LogP contribution >= 0.6 is 0 Å². The molecular weight excluding hydrogens is 348 g/mol. The van der Waals surface area contributed by atoms with Gasteiger partial charge in [-0.1, -0.05) is 51.4 Å². The van der Waals surface area contributed by atoms with Crippen molar-refractivity contribution in [3.05, 3.63) is 39.9 Å². The fourth-order valence-electron chi connectivity index (χ4n) is 2.76. The van der Waals surface area contributed by atoms with Crippen molar-refractivity contribution in [1.82, 2.24) is 5.32 Å². The maximum atomic E-state index is 11.6. The van der Waals surface area contributed by atoms with Crippen LogP contribution in [-0.4, -0.2) is 29.3 Å². The van der Waals surface area contributed by atoms with E-state index in [9.17, 15) is 14.9 Å². The van der Waals surface area contributed by atoms with E-state index in [0.717, 1.165) is 25.7 Å². The largest absolute Gasteiger partial charge is 0.445 e. The SMILES string of the molecule is O=C(NCCCCCCCCCCCCO)OCc1ccc([N+](=O)[O-])cc1. The number of alkyl carbamates (subject to hydrolysis) is 1. The number of hydrogen-bond acceptors (Lipinski definition) is 5. The first-order chi connectivity index (χ1) is 13.1. The molecule has 0 bridgehead atoms. The number of hydrogen-bond donors (Lipinski definition) is 2. The zero-order chi connectivity index (χ0) is 19.7. The van der Waals surface area contributed by atoms with Crippen LogP contribution in [0.25, 0.3) is 0 Å². The summed E-state index contributed by atoms with van der Waals surface area (Å²) < 4.78 is 5.09. The molecule has 0 aliphatic rings. The molecule has 0 unspecified atom stereocenters. The lowest BCUT2D eigenvalue weighted by Crippen LogP contribution is -2.25. The second kappa shape index (κ2) is 15.0. The third kappa shape index (κ3) is 12.0. The number of carbonyl (C=O) groups is 1. The van der Waals surface area contributed by atoms with E-state index in [4.69, 9.17) is 9.84 Å². The average Bonchev–Trinajstić information content (AvgIpc) is 2.67. The number of unbranched alkanes of at least 4 members (excludes halogenated alkanes) is 9. The smallest absolute Gasteiger partial charge is 0.407 e. The van der Waals surface area contributed by atoms with Crippen molar-refractivity contribution in [2.24, 2.45) is 0 Å². The number of carbonyl (C=O) groups excluding carboxylic acids is 1. The minimum atomic E-state index is -0.462. The van der Waals surface area contributed by atoms with Crippen LogP contribution in [0.5, 0.6) is 0 Å². The van der Waals surface area contributed by atoms with Crippen molar-refractivity contribution < 1.29 is 19.6 Å². The first-order valence-corrected chi connectivity index (χ1v) is 9.88. The molecule has 2 N–H and O–H groups in total. The number of nitrogens with zero attached hydrogens (tertiary/aromatic N) is 1. The fourth-order valence-corrected chi connectivity index (χ4v) is 2.76. The van der Waals surface area contributed by atoms with E-state index in [2.05, 4.69) is 5.32 Å². The summed E-state index contributed by atoms with van der Waals surface area (Å²) in [5, 5.41) is 22.0. The van der Waals surface area contributed by atoms with E-state index in [-0.39, 0.29) is 12.3 Å². The van der Waals surface area contributed by atoms with Crippen LogP contribution in [-0.2, 0) is 11.3 Å². The maximum absolute atomic E-state index is 11.6. The fraction of sp³-hybridized carbons (Fsp3) is 0.650. The van der Waals surface area contributed by atoms with Gasteiger partial charge in [-0.25, -0.2) is 4.79 Å². The van der Waals surface area contributed by atoms with Crippen molar-refractivity contribution in [2.45, 2.75) is 70.8 Å². The Morgan fingerprint density at radius 1 is 0.926 bits per heavy atom. The number of ether oxygens (including phenoxy) is 1. The predicted octanol–water partition coefficient (Wildman–Crippen LogP) is 4.71. The average molecular weight is 380 g/mol. The van der Waals surface area contributed by atoms with Gasteiger partial charge in [-0.3, -0.25) is 10.1 Å². The summed E-state index contributed by atoms with van der Waals surface area (Å²) >= 11 is 0. The van der Waals surface area contributed by atoms with Gasteiger partial charge in [-0.2, -0.15) is 0 Å². The van der Waals surface area contributed by atoms with E-state index in [0.29, 0.717) is 18.7 Å². The van der Waals surface area contributed by atoms with Crippen LogP contribution in [0.15, 0.2) is 24.3 Å². The lowest BCUT2D eigenvalue weighted by Gasteiger charge is -2.07. The third-order valence-corrected chi connectivity index (χ3v) is 4.37. The topological polar surface area (TPSA) is 102 Å². The first kappa shape index (κ1) is 22.9. The summed E-state index contributed by atoms with van der Waals surface area (Å²) in [5.41, 5.74) is 0.733. The molecule has 0 spiro atoms. The molecule has 0 fully saturated rings. The van der Waals surface area contributed by atoms with Gasteiger partial charge in [0.1, 0.15) is 6.61 Å². The monoisotopic (exact) mass is 380 g/mol. The minimum Gasteiger partial charge on any atom is -0.445 e. The van der Waals surface area contributed by atoms with Crippen molar-refractivity contribution in [2.75, 3.05) is 13.2 Å². The van der Waals surface area contributed by atoms with Gasteiger partial charge in [0.25, 0.3) is 5.69 Å². The zero-order valence-electron chi connectivity index (χ0n) is 16.0. The Bertz CT molecular complexity index is 534. The number of nitrogens with one attached hydrogen (secondary N) is 1. The highest BCUT2D eigenvalue weighted by molar-refractivity contribution is 5.67. The summed E-state index contributed by atoms with van der Waals surface area (Å²) in [6.07, 6.45) is 11.0. The summed E-state index contributed by atoms with van der Waals surface area (Å²) in [4.78, 5) is 21.7. The second-order valence-corrected chi connectivity index (χ2v) is 6.69. The van der Waals surface area contributed by atoms with Gasteiger partial charge in [0.05, 0.1) is 4.92 Å². The molecule has 1 amide bonds. The second-order valence-electron chi connectivity index (χ2n) is 6.69. The van der Waals surface area contributed by atoms with E-state index < -0.39 is 11.0 Å². The number of rotatable bonds is 15. The Morgan fingerprint density at radius 3 is 1.96 bits per heavy atom. The highest BCUT2D eigenvalue weighted by Gasteiger charge is 2.06. The normalized spacial score (nSPS) is 10.6. The highest BCUT2D eigenvalue weighted by Crippen LogP contribution is 2.13. The summed E-state index contributed by atoms with van der Waals surface area (Å²) in [6, 6.07) is 5.95. The Kier molecular flexibility index (Phi) is 12.7. The van der Waals surface area contributed by atoms with E-state index in [1.807, 2.05) is 0 Å². The summed E-state index contributed by atoms with van der Waals surface area (Å²) in [5.74, 6) is 0. The summed E-state index contributed by atoms with van der Waals surface area (Å²) in [6.45, 7) is 1.00. The van der Waals surface area contributed by atoms with Crippen LogP contribution in [0.2, 0.25) is 0 Å². The Balaban J connectivity index is 1.93. The van der Waals surface area contributed by atoms with Crippen molar-refractivity contribution >= 4 is 11.8 Å². The standard InChI is InChI=1S/C20H32N2O5/c23-16-10-8-6-4-2-1-3-5-7-9-15-21-20(24)27-17-18-11-13-19(14-12-18)22(25)26/h11-14,23H,1-10,15-17H2,(H,21,24). The molecular formula is C20H32N2O5. The number of nitro groups is 1. The van der Waals surface area contributed by atoms with Crippen molar-refractivity contribution in [3.63, 3.8) is 0 Å². The lowest BCUT2D eigenvalue weighted by molar-refractivity contribution is -0.384. The first-order valence-electron chi connectivity index (χ1n) is 9.88. The molecule has 0 aromatic heterocycles. The predicted molar refractivity (Wildman–Crippen MR) is 105 cm³/mol. The molecule has 0 saturated heterocycles. The molecule has 7 heteroatoms. The molecule has 1 aromatic carbocycles. The van der Waals surface area contributed by atoms with Gasteiger partial charge in [-0.15, -0.1) is 0 Å². The van der Waals surface area contributed by atoms with Crippen molar-refractivity contribution in [1.29, 1.82) is 0 Å². The quantitative estimate of drug-likeness (QED) is 0.260. The highest BCUT2D eigenvalue weighted by atomic mass is 16.6. The van der Waals surface area contributed by atoms with Crippen LogP contribution in [0.3, 0.4) is 0 Å². The van der Waals surface area contributed by atoms with E-state index in [1.54, 1.807) is 12.1 Å². The Labute approximate surface area is 161 Å². The van der Waals surface area contributed by atoms with Gasteiger partial charge in [0.2, 0.25) is 0 Å². The lowest BCUT2D eigenvalue weighted by atomic mass is 10.1. The van der Waals surface area contributed by atoms with E-state index >= 15 is 0 Å². The minimum absolute atomic E-state index is 0.0184. The third-order valence-electron chi connectivity index (χ3n) is 4.37. The molecule has 0 radical (unpaired) electrons. The van der Waals surface area contributed by atoms with Crippen LogP contribution in [0.1, 0.15) is 69.8 Å².